The van der Waals surface area contributed by atoms with Gasteiger partial charge in [-0.1, -0.05) is 25.1 Å². The van der Waals surface area contributed by atoms with Crippen LogP contribution in [-0.4, -0.2) is 19.1 Å². The average molecular weight is 239 g/mol. The van der Waals surface area contributed by atoms with Gasteiger partial charge in [0.1, 0.15) is 11.9 Å². The lowest BCUT2D eigenvalue weighted by atomic mass is 9.90. The fourth-order valence-corrected chi connectivity index (χ4v) is 1.87. The van der Waals surface area contributed by atoms with E-state index in [4.69, 9.17) is 5.73 Å². The topological polar surface area (TPSA) is 52.3 Å². The van der Waals surface area contributed by atoms with Crippen molar-refractivity contribution in [2.45, 2.75) is 31.7 Å². The Morgan fingerprint density at radius 2 is 2.12 bits per heavy atom. The van der Waals surface area contributed by atoms with Gasteiger partial charge in [-0.2, -0.15) is 0 Å². The molecule has 0 aromatic heterocycles. The summed E-state index contributed by atoms with van der Waals surface area (Å²) in [5, 5.41) is 0. The number of hydrogen-bond donors (Lipinski definition) is 1. The van der Waals surface area contributed by atoms with E-state index in [-0.39, 0.29) is 11.7 Å². The Balaban J connectivity index is 2.79. The molecule has 0 spiro atoms. The van der Waals surface area contributed by atoms with Crippen LogP contribution in [0, 0.1) is 5.82 Å². The highest BCUT2D eigenvalue weighted by Crippen LogP contribution is 2.26. The van der Waals surface area contributed by atoms with Crippen LogP contribution in [0.4, 0.5) is 4.39 Å². The highest BCUT2D eigenvalue weighted by atomic mass is 19.1. The molecular formula is C13H18FNO2. The molecule has 17 heavy (non-hydrogen) atoms. The molecule has 94 valence electrons. The molecule has 1 rings (SSSR count). The van der Waals surface area contributed by atoms with E-state index in [1.807, 2.05) is 6.92 Å². The van der Waals surface area contributed by atoms with Gasteiger partial charge in [0, 0.05) is 0 Å². The number of methoxy groups -OCH3 is 1. The van der Waals surface area contributed by atoms with Gasteiger partial charge < -0.3 is 10.5 Å². The first-order chi connectivity index (χ1) is 8.10. The van der Waals surface area contributed by atoms with E-state index in [2.05, 4.69) is 4.74 Å². The van der Waals surface area contributed by atoms with Crippen LogP contribution in [0.5, 0.6) is 0 Å². The van der Waals surface area contributed by atoms with Crippen LogP contribution in [-0.2, 0) is 9.53 Å². The number of rotatable bonds is 5. The van der Waals surface area contributed by atoms with E-state index in [1.165, 1.54) is 13.2 Å². The number of nitrogens with two attached hydrogens (primary N) is 1. The van der Waals surface area contributed by atoms with Gasteiger partial charge in [0.25, 0.3) is 0 Å². The number of benzene rings is 1. The first-order valence-electron chi connectivity index (χ1n) is 5.68. The van der Waals surface area contributed by atoms with Crippen molar-refractivity contribution in [1.29, 1.82) is 0 Å². The van der Waals surface area contributed by atoms with E-state index >= 15 is 0 Å². The zero-order valence-electron chi connectivity index (χ0n) is 10.2. The smallest absolute Gasteiger partial charge is 0.322 e. The Bertz CT molecular complexity index is 381. The Morgan fingerprint density at radius 1 is 1.47 bits per heavy atom. The zero-order valence-corrected chi connectivity index (χ0v) is 10.2. The van der Waals surface area contributed by atoms with Crippen molar-refractivity contribution in [2.24, 2.45) is 5.73 Å². The van der Waals surface area contributed by atoms with Crippen molar-refractivity contribution in [3.63, 3.8) is 0 Å². The number of esters is 1. The molecule has 2 N–H and O–H groups in total. The Labute approximate surface area is 101 Å². The number of hydrogen-bond acceptors (Lipinski definition) is 3. The summed E-state index contributed by atoms with van der Waals surface area (Å²) in [6.45, 7) is 1.95. The fraction of sp³-hybridized carbons (Fsp3) is 0.462. The molecule has 0 saturated carbocycles. The fourth-order valence-electron chi connectivity index (χ4n) is 1.87. The highest BCUT2D eigenvalue weighted by molar-refractivity contribution is 5.75. The maximum absolute atomic E-state index is 13.6. The van der Waals surface area contributed by atoms with Crippen molar-refractivity contribution in [1.82, 2.24) is 0 Å². The summed E-state index contributed by atoms with van der Waals surface area (Å²) >= 11 is 0. The van der Waals surface area contributed by atoms with Gasteiger partial charge >= 0.3 is 5.97 Å². The summed E-state index contributed by atoms with van der Waals surface area (Å²) in [4.78, 5) is 11.2. The van der Waals surface area contributed by atoms with Crippen LogP contribution in [0.1, 0.15) is 31.2 Å². The molecule has 4 heteroatoms. The first kappa shape index (κ1) is 13.6. The second-order valence-corrected chi connectivity index (χ2v) is 3.99. The van der Waals surface area contributed by atoms with Gasteiger partial charge in [-0.05, 0) is 30.4 Å². The third kappa shape index (κ3) is 3.53. The van der Waals surface area contributed by atoms with Gasteiger partial charge in [-0.15, -0.1) is 0 Å². The number of halogens is 1. The quantitative estimate of drug-likeness (QED) is 0.801. The Morgan fingerprint density at radius 3 is 2.65 bits per heavy atom. The van der Waals surface area contributed by atoms with E-state index < -0.39 is 12.0 Å². The summed E-state index contributed by atoms with van der Waals surface area (Å²) in [6.07, 6.45) is 1.12. The molecule has 0 aliphatic carbocycles. The van der Waals surface area contributed by atoms with Crippen LogP contribution in [0.2, 0.25) is 0 Å². The van der Waals surface area contributed by atoms with Crippen LogP contribution < -0.4 is 5.73 Å². The van der Waals surface area contributed by atoms with Crippen molar-refractivity contribution in [3.8, 4) is 0 Å². The predicted octanol–water partition coefficient (Wildman–Crippen LogP) is 2.21. The molecule has 0 radical (unpaired) electrons. The van der Waals surface area contributed by atoms with Crippen molar-refractivity contribution in [3.05, 3.63) is 35.6 Å². The minimum absolute atomic E-state index is 0.0645. The molecule has 0 amide bonds. The highest BCUT2D eigenvalue weighted by Gasteiger charge is 2.21. The van der Waals surface area contributed by atoms with E-state index in [0.717, 1.165) is 6.42 Å². The summed E-state index contributed by atoms with van der Waals surface area (Å²) in [6, 6.07) is 5.87. The minimum Gasteiger partial charge on any atom is -0.468 e. The van der Waals surface area contributed by atoms with Crippen LogP contribution in [0.25, 0.3) is 0 Å². The Kier molecular flexibility index (Phi) is 5.10. The molecule has 0 heterocycles. The zero-order chi connectivity index (χ0) is 12.8. The van der Waals surface area contributed by atoms with Crippen LogP contribution in [0.3, 0.4) is 0 Å². The molecule has 0 aliphatic heterocycles. The SMILES string of the molecule is CCC(CC(N)C(=O)OC)c1ccccc1F. The van der Waals surface area contributed by atoms with Gasteiger partial charge in [0.15, 0.2) is 0 Å². The molecule has 0 aliphatic rings. The standard InChI is InChI=1S/C13H18FNO2/c1-3-9(8-12(15)13(16)17-2)10-6-4-5-7-11(10)14/h4-7,9,12H,3,8,15H2,1-2H3. The third-order valence-corrected chi connectivity index (χ3v) is 2.88. The van der Waals surface area contributed by atoms with Gasteiger partial charge in [0.2, 0.25) is 0 Å². The molecule has 0 saturated heterocycles. The van der Waals surface area contributed by atoms with Gasteiger partial charge in [-0.25, -0.2) is 4.39 Å². The molecule has 0 bridgehead atoms. The van der Waals surface area contributed by atoms with Crippen molar-refractivity contribution in [2.75, 3.05) is 7.11 Å². The van der Waals surface area contributed by atoms with Gasteiger partial charge in [-0.3, -0.25) is 4.79 Å². The minimum atomic E-state index is -0.704. The van der Waals surface area contributed by atoms with E-state index in [9.17, 15) is 9.18 Å². The molecule has 2 atom stereocenters. The maximum atomic E-state index is 13.6. The summed E-state index contributed by atoms with van der Waals surface area (Å²) < 4.78 is 18.2. The molecule has 1 aromatic rings. The summed E-state index contributed by atoms with van der Waals surface area (Å²) in [5.41, 5.74) is 6.30. The lowest BCUT2D eigenvalue weighted by Gasteiger charge is -2.19. The van der Waals surface area contributed by atoms with Crippen molar-refractivity contribution >= 4 is 5.97 Å². The first-order valence-corrected chi connectivity index (χ1v) is 5.68. The molecule has 2 unspecified atom stereocenters. The van der Waals surface area contributed by atoms with Crippen LogP contribution in [0.15, 0.2) is 24.3 Å². The lowest BCUT2D eigenvalue weighted by Crippen LogP contribution is -2.33. The lowest BCUT2D eigenvalue weighted by molar-refractivity contribution is -0.142. The summed E-state index contributed by atoms with van der Waals surface area (Å²) in [7, 11) is 1.30. The second kappa shape index (κ2) is 6.35. The normalized spacial score (nSPS) is 14.1. The largest absolute Gasteiger partial charge is 0.468 e. The Hall–Kier alpha value is -1.42. The molecular weight excluding hydrogens is 221 g/mol. The number of carbonyl (C=O) groups is 1. The summed E-state index contributed by atoms with van der Waals surface area (Å²) in [5.74, 6) is -0.776. The van der Waals surface area contributed by atoms with Crippen LogP contribution >= 0.6 is 0 Å². The number of carbonyl (C=O) groups excluding carboxylic acids is 1. The second-order valence-electron chi connectivity index (χ2n) is 3.99. The molecule has 1 aromatic carbocycles. The van der Waals surface area contributed by atoms with Gasteiger partial charge in [0.05, 0.1) is 7.11 Å². The number of ether oxygens (including phenoxy) is 1. The van der Waals surface area contributed by atoms with Crippen molar-refractivity contribution < 1.29 is 13.9 Å². The van der Waals surface area contributed by atoms with E-state index in [0.29, 0.717) is 12.0 Å². The monoisotopic (exact) mass is 239 g/mol. The third-order valence-electron chi connectivity index (χ3n) is 2.88. The predicted molar refractivity (Wildman–Crippen MR) is 64.0 cm³/mol. The molecule has 0 fully saturated rings. The molecule has 3 nitrogen and oxygen atoms in total. The maximum Gasteiger partial charge on any atom is 0.322 e. The average Bonchev–Trinajstić information content (AvgIpc) is 2.35. The van der Waals surface area contributed by atoms with E-state index in [1.54, 1.807) is 18.2 Å².